The van der Waals surface area contributed by atoms with Crippen LogP contribution in [0, 0.1) is 5.82 Å². The molecule has 168 valence electrons. The molecule has 2 heterocycles. The number of nitrogens with zero attached hydrogens (tertiary/aromatic N) is 3. The smallest absolute Gasteiger partial charge is 0.248 e. The maximum atomic E-state index is 13.2. The number of halogens is 3. The van der Waals surface area contributed by atoms with Crippen molar-refractivity contribution in [1.82, 2.24) is 15.0 Å². The van der Waals surface area contributed by atoms with Crippen LogP contribution in [0.15, 0.2) is 83.3 Å². The lowest BCUT2D eigenvalue weighted by molar-refractivity contribution is -0.111. The number of furan rings is 1. The Morgan fingerprint density at radius 1 is 0.971 bits per heavy atom. The number of carbonyl (C=O) groups excluding carboxylic acids is 1. The maximum Gasteiger partial charge on any atom is 0.248 e. The van der Waals surface area contributed by atoms with E-state index in [0.29, 0.717) is 49.5 Å². The van der Waals surface area contributed by atoms with Crippen LogP contribution in [-0.4, -0.2) is 20.9 Å². The van der Waals surface area contributed by atoms with Crippen LogP contribution in [0.3, 0.4) is 0 Å². The monoisotopic (exact) mass is 492 g/mol. The Morgan fingerprint density at radius 3 is 2.59 bits per heavy atom. The molecular formula is C25H15Cl2FN4O2. The Morgan fingerprint density at radius 2 is 1.76 bits per heavy atom. The highest BCUT2D eigenvalue weighted by Crippen LogP contribution is 2.34. The fourth-order valence-corrected chi connectivity index (χ4v) is 3.70. The van der Waals surface area contributed by atoms with Gasteiger partial charge in [0.15, 0.2) is 0 Å². The Balaban J connectivity index is 1.29. The van der Waals surface area contributed by atoms with Crippen LogP contribution in [0.4, 0.5) is 10.1 Å². The molecule has 0 atom stereocenters. The number of anilines is 1. The summed E-state index contributed by atoms with van der Waals surface area (Å²) in [6.07, 6.45) is 2.92. The first-order valence-corrected chi connectivity index (χ1v) is 10.9. The number of aromatic nitrogens is 3. The van der Waals surface area contributed by atoms with Crippen LogP contribution >= 0.6 is 23.2 Å². The predicted octanol–water partition coefficient (Wildman–Crippen LogP) is 6.78. The highest BCUT2D eigenvalue weighted by molar-refractivity contribution is 6.43. The molecule has 6 nitrogen and oxygen atoms in total. The summed E-state index contributed by atoms with van der Waals surface area (Å²) in [6, 6.07) is 19.8. The summed E-state index contributed by atoms with van der Waals surface area (Å²) in [5.74, 6) is 0.350. The first kappa shape index (κ1) is 21.9. The summed E-state index contributed by atoms with van der Waals surface area (Å²) < 4.78 is 18.9. The predicted molar refractivity (Wildman–Crippen MR) is 131 cm³/mol. The zero-order valence-corrected chi connectivity index (χ0v) is 18.9. The standard InChI is InChI=1S/C25H15Cl2FN4O2/c26-20-3-1-2-19(25(20)27)23-12-9-18(34-23)10-13-24(33)29-16-6-11-21-22(14-16)31-32(30-21)17-7-4-15(28)5-8-17/h1-14H,(H,29,33). The van der Waals surface area contributed by atoms with Crippen molar-refractivity contribution in [2.75, 3.05) is 5.32 Å². The van der Waals surface area contributed by atoms with Gasteiger partial charge in [-0.05, 0) is 72.8 Å². The molecule has 0 radical (unpaired) electrons. The van der Waals surface area contributed by atoms with Crippen LogP contribution in [0.25, 0.3) is 34.1 Å². The second kappa shape index (κ2) is 9.13. The van der Waals surface area contributed by atoms with Gasteiger partial charge in [0, 0.05) is 17.3 Å². The summed E-state index contributed by atoms with van der Waals surface area (Å²) in [5.41, 5.74) is 3.07. The van der Waals surface area contributed by atoms with Crippen molar-refractivity contribution in [1.29, 1.82) is 0 Å². The first-order chi connectivity index (χ1) is 16.5. The molecule has 9 heteroatoms. The average molecular weight is 493 g/mol. The van der Waals surface area contributed by atoms with Crippen molar-refractivity contribution in [2.45, 2.75) is 0 Å². The minimum atomic E-state index is -0.344. The topological polar surface area (TPSA) is 73.0 Å². The number of benzene rings is 3. The first-order valence-electron chi connectivity index (χ1n) is 10.1. The van der Waals surface area contributed by atoms with Gasteiger partial charge in [0.05, 0.1) is 15.7 Å². The molecule has 0 aliphatic carbocycles. The number of hydrogen-bond acceptors (Lipinski definition) is 4. The Labute approximate surface area is 203 Å². The van der Waals surface area contributed by atoms with Gasteiger partial charge in [-0.15, -0.1) is 10.2 Å². The SMILES string of the molecule is O=C(C=Cc1ccc(-c2cccc(Cl)c2Cl)o1)Nc1ccc2nn(-c3ccc(F)cc3)nc2c1. The minimum Gasteiger partial charge on any atom is -0.457 e. The van der Waals surface area contributed by atoms with Gasteiger partial charge in [-0.25, -0.2) is 4.39 Å². The number of fused-ring (bicyclic) bond motifs is 1. The number of amides is 1. The summed E-state index contributed by atoms with van der Waals surface area (Å²) in [5, 5.41) is 12.4. The lowest BCUT2D eigenvalue weighted by atomic mass is 10.2. The molecule has 1 amide bonds. The van der Waals surface area contributed by atoms with Gasteiger partial charge in [0.25, 0.3) is 0 Å². The van der Waals surface area contributed by atoms with E-state index < -0.39 is 0 Å². The van der Waals surface area contributed by atoms with Crippen molar-refractivity contribution in [3.63, 3.8) is 0 Å². The average Bonchev–Trinajstić information content (AvgIpc) is 3.47. The van der Waals surface area contributed by atoms with Gasteiger partial charge in [-0.1, -0.05) is 29.3 Å². The van der Waals surface area contributed by atoms with Gasteiger partial charge in [0.1, 0.15) is 28.4 Å². The second-order valence-corrected chi connectivity index (χ2v) is 8.08. The lowest BCUT2D eigenvalue weighted by Crippen LogP contribution is -2.07. The van der Waals surface area contributed by atoms with E-state index in [-0.39, 0.29) is 11.7 Å². The number of rotatable bonds is 5. The van der Waals surface area contributed by atoms with Crippen LogP contribution in [-0.2, 0) is 4.79 Å². The van der Waals surface area contributed by atoms with Crippen LogP contribution < -0.4 is 5.32 Å². The molecule has 5 aromatic rings. The van der Waals surface area contributed by atoms with Gasteiger partial charge in [0.2, 0.25) is 5.91 Å². The van der Waals surface area contributed by atoms with Crippen molar-refractivity contribution >= 4 is 51.9 Å². The molecule has 1 N–H and O–H groups in total. The molecule has 0 fully saturated rings. The second-order valence-electron chi connectivity index (χ2n) is 7.30. The molecule has 0 saturated carbocycles. The number of hydrogen-bond donors (Lipinski definition) is 1. The molecule has 0 aliphatic rings. The lowest BCUT2D eigenvalue weighted by Gasteiger charge is -2.02. The molecule has 0 spiro atoms. The van der Waals surface area contributed by atoms with Gasteiger partial charge >= 0.3 is 0 Å². The summed E-state index contributed by atoms with van der Waals surface area (Å²) >= 11 is 12.3. The Kier molecular flexibility index (Phi) is 5.88. The van der Waals surface area contributed by atoms with E-state index in [1.54, 1.807) is 66.7 Å². The molecule has 34 heavy (non-hydrogen) atoms. The highest BCUT2D eigenvalue weighted by Gasteiger charge is 2.11. The summed E-state index contributed by atoms with van der Waals surface area (Å²) in [7, 11) is 0. The molecule has 0 unspecified atom stereocenters. The van der Waals surface area contributed by atoms with E-state index in [2.05, 4.69) is 15.5 Å². The Bertz CT molecular complexity index is 1540. The van der Waals surface area contributed by atoms with E-state index in [1.807, 2.05) is 0 Å². The Hall–Kier alpha value is -3.94. The third kappa shape index (κ3) is 4.57. The number of carbonyl (C=O) groups is 1. The highest BCUT2D eigenvalue weighted by atomic mass is 35.5. The maximum absolute atomic E-state index is 13.2. The van der Waals surface area contributed by atoms with Crippen LogP contribution in [0.5, 0.6) is 0 Å². The molecular weight excluding hydrogens is 478 g/mol. The van der Waals surface area contributed by atoms with E-state index >= 15 is 0 Å². The fraction of sp³-hybridized carbons (Fsp3) is 0. The quantitative estimate of drug-likeness (QED) is 0.274. The molecule has 5 rings (SSSR count). The van der Waals surface area contributed by atoms with Gasteiger partial charge < -0.3 is 9.73 Å². The third-order valence-corrected chi connectivity index (χ3v) is 5.77. The molecule has 0 aliphatic heterocycles. The summed E-state index contributed by atoms with van der Waals surface area (Å²) in [4.78, 5) is 13.8. The third-order valence-electron chi connectivity index (χ3n) is 4.95. The molecule has 0 saturated heterocycles. The molecule has 0 bridgehead atoms. The summed E-state index contributed by atoms with van der Waals surface area (Å²) in [6.45, 7) is 0. The van der Waals surface area contributed by atoms with Crippen LogP contribution in [0.1, 0.15) is 5.76 Å². The number of nitrogens with one attached hydrogen (secondary N) is 1. The normalized spacial score (nSPS) is 11.4. The van der Waals surface area contributed by atoms with E-state index in [1.165, 1.54) is 23.0 Å². The molecule has 2 aromatic heterocycles. The van der Waals surface area contributed by atoms with Crippen molar-refractivity contribution in [2.24, 2.45) is 0 Å². The van der Waals surface area contributed by atoms with Gasteiger partial charge in [-0.3, -0.25) is 4.79 Å². The van der Waals surface area contributed by atoms with Crippen molar-refractivity contribution < 1.29 is 13.6 Å². The minimum absolute atomic E-state index is 0.336. The van der Waals surface area contributed by atoms with Crippen molar-refractivity contribution in [3.8, 4) is 17.0 Å². The van der Waals surface area contributed by atoms with Gasteiger partial charge in [-0.2, -0.15) is 4.80 Å². The van der Waals surface area contributed by atoms with E-state index in [4.69, 9.17) is 27.6 Å². The zero-order chi connectivity index (χ0) is 23.7. The molecule has 3 aromatic carbocycles. The van der Waals surface area contributed by atoms with E-state index in [0.717, 1.165) is 0 Å². The van der Waals surface area contributed by atoms with Crippen LogP contribution in [0.2, 0.25) is 10.0 Å². The largest absolute Gasteiger partial charge is 0.457 e. The van der Waals surface area contributed by atoms with Crippen molar-refractivity contribution in [3.05, 3.63) is 100 Å². The fourth-order valence-electron chi connectivity index (χ4n) is 3.31. The zero-order valence-electron chi connectivity index (χ0n) is 17.4. The van der Waals surface area contributed by atoms with E-state index in [9.17, 15) is 9.18 Å².